The van der Waals surface area contributed by atoms with Gasteiger partial charge in [-0.3, -0.25) is 14.9 Å². The molecule has 1 saturated heterocycles. The number of anilines is 2. The molecule has 1 fully saturated rings. The molecule has 2 aromatic carbocycles. The van der Waals surface area contributed by atoms with Crippen LogP contribution in [0.5, 0.6) is 0 Å². The maximum absolute atomic E-state index is 12.8. The fraction of sp³-hybridized carbons (Fsp3) is 0.435. The van der Waals surface area contributed by atoms with Gasteiger partial charge in [0.05, 0.1) is 4.92 Å². The van der Waals surface area contributed by atoms with Crippen molar-refractivity contribution in [2.75, 3.05) is 42.9 Å². The van der Waals surface area contributed by atoms with Crippen LogP contribution in [0, 0.1) is 22.5 Å². The van der Waals surface area contributed by atoms with Crippen LogP contribution in [0.1, 0.15) is 36.7 Å². The molecule has 0 radical (unpaired) electrons. The van der Waals surface area contributed by atoms with Crippen LogP contribution in [-0.4, -0.2) is 48.5 Å². The van der Waals surface area contributed by atoms with Gasteiger partial charge >= 0.3 is 0 Å². The van der Waals surface area contributed by atoms with Crippen LogP contribution in [-0.2, 0) is 0 Å². The van der Waals surface area contributed by atoms with Gasteiger partial charge in [0.25, 0.3) is 11.6 Å². The molecule has 0 aliphatic carbocycles. The van der Waals surface area contributed by atoms with Crippen molar-refractivity contribution in [3.05, 3.63) is 63.7 Å². The first-order chi connectivity index (χ1) is 14.2. The summed E-state index contributed by atoms with van der Waals surface area (Å²) in [4.78, 5) is 28.0. The van der Waals surface area contributed by atoms with Crippen molar-refractivity contribution in [1.29, 1.82) is 0 Å². The van der Waals surface area contributed by atoms with E-state index in [1.54, 1.807) is 12.1 Å². The molecule has 0 spiro atoms. The zero-order chi connectivity index (χ0) is 21.9. The monoisotopic (exact) mass is 410 g/mol. The van der Waals surface area contributed by atoms with E-state index in [0.29, 0.717) is 38.4 Å². The quantitative estimate of drug-likeness (QED) is 0.586. The van der Waals surface area contributed by atoms with Crippen molar-refractivity contribution in [3.8, 4) is 0 Å². The zero-order valence-corrected chi connectivity index (χ0v) is 18.1. The van der Waals surface area contributed by atoms with Crippen LogP contribution >= 0.6 is 0 Å². The van der Waals surface area contributed by atoms with E-state index in [2.05, 4.69) is 31.0 Å². The Morgan fingerprint density at radius 3 is 2.37 bits per heavy atom. The van der Waals surface area contributed by atoms with Crippen LogP contribution in [0.4, 0.5) is 17.1 Å². The maximum Gasteiger partial charge on any atom is 0.292 e. The molecule has 7 heteroatoms. The molecule has 30 heavy (non-hydrogen) atoms. The van der Waals surface area contributed by atoms with Gasteiger partial charge in [0, 0.05) is 50.0 Å². The third-order valence-corrected chi connectivity index (χ3v) is 5.29. The van der Waals surface area contributed by atoms with Gasteiger partial charge in [0.2, 0.25) is 0 Å². The molecule has 0 bridgehead atoms. The van der Waals surface area contributed by atoms with E-state index in [4.69, 9.17) is 0 Å². The van der Waals surface area contributed by atoms with Crippen molar-refractivity contribution in [1.82, 2.24) is 4.90 Å². The number of hydrogen-bond donors (Lipinski definition) is 1. The van der Waals surface area contributed by atoms with Gasteiger partial charge in [-0.1, -0.05) is 39.0 Å². The third kappa shape index (κ3) is 5.09. The minimum absolute atomic E-state index is 0.00539. The minimum Gasteiger partial charge on any atom is -0.379 e. The number of nitro benzene ring substituents is 1. The average Bonchev–Trinajstić information content (AvgIpc) is 2.71. The lowest BCUT2D eigenvalue weighted by atomic mass is 9.97. The summed E-state index contributed by atoms with van der Waals surface area (Å²) in [5.74, 6) is 0.0592. The molecule has 1 aliphatic rings. The summed E-state index contributed by atoms with van der Waals surface area (Å²) in [6, 6.07) is 12.8. The fourth-order valence-electron chi connectivity index (χ4n) is 3.53. The summed E-state index contributed by atoms with van der Waals surface area (Å²) in [6.07, 6.45) is 0. The first-order valence-corrected chi connectivity index (χ1v) is 10.3. The molecule has 0 atom stereocenters. The molecule has 3 rings (SSSR count). The highest BCUT2D eigenvalue weighted by atomic mass is 16.6. The number of rotatable bonds is 5. The third-order valence-electron chi connectivity index (χ3n) is 5.29. The normalized spacial score (nSPS) is 14.5. The standard InChI is InChI=1S/C23H30N4O3/c1-17-7-5-6-8-19(17)22(28)26-13-11-25(12-14-26)18-9-10-21(27(29)30)20(15-18)24-16-23(2,3)4/h5-10,15,24H,11-14,16H2,1-4H3. The molecule has 0 unspecified atom stereocenters. The van der Waals surface area contributed by atoms with E-state index in [1.807, 2.05) is 42.2 Å². The summed E-state index contributed by atoms with van der Waals surface area (Å²) >= 11 is 0. The SMILES string of the molecule is Cc1ccccc1C(=O)N1CCN(c2ccc([N+](=O)[O-])c(NCC(C)(C)C)c2)CC1. The molecule has 7 nitrogen and oxygen atoms in total. The number of nitrogens with one attached hydrogen (secondary N) is 1. The van der Waals surface area contributed by atoms with E-state index in [1.165, 1.54) is 0 Å². The van der Waals surface area contributed by atoms with Crippen molar-refractivity contribution < 1.29 is 9.72 Å². The smallest absolute Gasteiger partial charge is 0.292 e. The van der Waals surface area contributed by atoms with E-state index in [0.717, 1.165) is 16.8 Å². The van der Waals surface area contributed by atoms with Crippen molar-refractivity contribution in [3.63, 3.8) is 0 Å². The van der Waals surface area contributed by atoms with Gasteiger partial charge in [0.15, 0.2) is 0 Å². The summed E-state index contributed by atoms with van der Waals surface area (Å²) in [6.45, 7) is 11.5. The second kappa shape index (κ2) is 8.73. The number of carbonyl (C=O) groups is 1. The topological polar surface area (TPSA) is 78.7 Å². The Balaban J connectivity index is 1.71. The van der Waals surface area contributed by atoms with Gasteiger partial charge in [-0.25, -0.2) is 0 Å². The summed E-state index contributed by atoms with van der Waals surface area (Å²) in [5, 5.41) is 14.7. The minimum atomic E-state index is -0.354. The van der Waals surface area contributed by atoms with Gasteiger partial charge < -0.3 is 15.1 Å². The summed E-state index contributed by atoms with van der Waals surface area (Å²) in [7, 11) is 0. The molecule has 2 aromatic rings. The first-order valence-electron chi connectivity index (χ1n) is 10.3. The predicted octanol–water partition coefficient (Wildman–Crippen LogP) is 4.32. The van der Waals surface area contributed by atoms with Crippen LogP contribution in [0.25, 0.3) is 0 Å². The number of hydrogen-bond acceptors (Lipinski definition) is 5. The fourth-order valence-corrected chi connectivity index (χ4v) is 3.53. The lowest BCUT2D eigenvalue weighted by Crippen LogP contribution is -2.49. The average molecular weight is 411 g/mol. The Kier molecular flexibility index (Phi) is 6.29. The molecular weight excluding hydrogens is 380 g/mol. The molecule has 1 heterocycles. The predicted molar refractivity (Wildman–Crippen MR) is 120 cm³/mol. The molecular formula is C23H30N4O3. The summed E-state index contributed by atoms with van der Waals surface area (Å²) < 4.78 is 0. The number of carbonyl (C=O) groups excluding carboxylic acids is 1. The Morgan fingerprint density at radius 2 is 1.77 bits per heavy atom. The Bertz CT molecular complexity index is 928. The highest BCUT2D eigenvalue weighted by Gasteiger charge is 2.25. The van der Waals surface area contributed by atoms with Crippen molar-refractivity contribution >= 4 is 23.0 Å². The van der Waals surface area contributed by atoms with Crippen molar-refractivity contribution in [2.45, 2.75) is 27.7 Å². The number of benzene rings is 2. The molecule has 1 amide bonds. The van der Waals surface area contributed by atoms with Gasteiger partial charge in [-0.05, 0) is 36.1 Å². The Morgan fingerprint density at radius 1 is 1.10 bits per heavy atom. The second-order valence-electron chi connectivity index (χ2n) is 8.97. The van der Waals surface area contributed by atoms with Crippen LogP contribution in [0.3, 0.4) is 0 Å². The van der Waals surface area contributed by atoms with Gasteiger partial charge in [-0.15, -0.1) is 0 Å². The van der Waals surface area contributed by atoms with Crippen LogP contribution < -0.4 is 10.2 Å². The highest BCUT2D eigenvalue weighted by Crippen LogP contribution is 2.31. The van der Waals surface area contributed by atoms with Crippen molar-refractivity contribution in [2.24, 2.45) is 5.41 Å². The van der Waals surface area contributed by atoms with Gasteiger partial charge in [0.1, 0.15) is 5.69 Å². The maximum atomic E-state index is 12.8. The second-order valence-corrected chi connectivity index (χ2v) is 8.97. The number of piperazine rings is 1. The number of aryl methyl sites for hydroxylation is 1. The molecule has 160 valence electrons. The lowest BCUT2D eigenvalue weighted by molar-refractivity contribution is -0.384. The van der Waals surface area contributed by atoms with E-state index >= 15 is 0 Å². The molecule has 1 aliphatic heterocycles. The first kappa shape index (κ1) is 21.6. The molecule has 0 saturated carbocycles. The van der Waals surface area contributed by atoms with Crippen LogP contribution in [0.15, 0.2) is 42.5 Å². The molecule has 0 aromatic heterocycles. The lowest BCUT2D eigenvalue weighted by Gasteiger charge is -2.36. The van der Waals surface area contributed by atoms with Crippen LogP contribution in [0.2, 0.25) is 0 Å². The number of nitrogens with zero attached hydrogens (tertiary/aromatic N) is 3. The van der Waals surface area contributed by atoms with E-state index < -0.39 is 0 Å². The Hall–Kier alpha value is -3.09. The molecule has 1 N–H and O–H groups in total. The van der Waals surface area contributed by atoms with E-state index in [9.17, 15) is 14.9 Å². The Labute approximate surface area is 177 Å². The highest BCUT2D eigenvalue weighted by molar-refractivity contribution is 5.95. The largest absolute Gasteiger partial charge is 0.379 e. The zero-order valence-electron chi connectivity index (χ0n) is 18.1. The number of nitro groups is 1. The number of amides is 1. The summed E-state index contributed by atoms with van der Waals surface area (Å²) in [5.41, 5.74) is 3.28. The van der Waals surface area contributed by atoms with Gasteiger partial charge in [-0.2, -0.15) is 0 Å². The van der Waals surface area contributed by atoms with E-state index in [-0.39, 0.29) is 21.9 Å².